The van der Waals surface area contributed by atoms with Crippen LogP contribution in [-0.4, -0.2) is 57.3 Å². The van der Waals surface area contributed by atoms with Gasteiger partial charge in [0.2, 0.25) is 5.82 Å². The maximum absolute atomic E-state index is 14.5. The van der Waals surface area contributed by atoms with Gasteiger partial charge >= 0.3 is 0 Å². The van der Waals surface area contributed by atoms with Crippen LogP contribution in [0.25, 0.3) is 10.9 Å². The molecule has 0 saturated carbocycles. The average Bonchev–Trinajstić information content (AvgIpc) is 2.98. The van der Waals surface area contributed by atoms with E-state index < -0.39 is 11.6 Å². The molecule has 2 aliphatic rings. The number of anilines is 1. The van der Waals surface area contributed by atoms with Gasteiger partial charge in [-0.25, -0.2) is 9.37 Å². The molecular weight excluding hydrogens is 506 g/mol. The fourth-order valence-electron chi connectivity index (χ4n) is 5.59. The molecular formula is C28H28F2N6O3. The van der Waals surface area contributed by atoms with Crippen LogP contribution in [-0.2, 0) is 19.6 Å². The summed E-state index contributed by atoms with van der Waals surface area (Å²) in [5.41, 5.74) is 1.41. The maximum Gasteiger partial charge on any atom is 0.202 e. The highest BCUT2D eigenvalue weighted by Gasteiger charge is 2.29. The Balaban J connectivity index is 1.39. The standard InChI is InChI=1S/C28H28F2N6O3/c1-38-23-12-31-5-4-18(23)14-36(20-3-2-8-34(17-20)24-13-32-6-7-33-24)16-19-15-35-9-10-39-28-25(30)22(29)11-21(26(28)35)27(19)37/h4-7,11-13,15,20H,2-3,8-10,14,16-17H2,1H3/t20-/m0/s1. The van der Waals surface area contributed by atoms with Crippen LogP contribution in [0.5, 0.6) is 11.5 Å². The van der Waals surface area contributed by atoms with E-state index in [1.54, 1.807) is 48.9 Å². The molecule has 0 bridgehead atoms. The Morgan fingerprint density at radius 3 is 2.79 bits per heavy atom. The van der Waals surface area contributed by atoms with Crippen LogP contribution in [0, 0.1) is 11.6 Å². The number of hydrogen-bond donors (Lipinski definition) is 0. The predicted octanol–water partition coefficient (Wildman–Crippen LogP) is 3.54. The van der Waals surface area contributed by atoms with E-state index in [1.165, 1.54) is 0 Å². The molecule has 0 aliphatic carbocycles. The summed E-state index contributed by atoms with van der Waals surface area (Å²) in [5, 5.41) is 0.118. The molecule has 6 rings (SSSR count). The first-order valence-corrected chi connectivity index (χ1v) is 12.9. The van der Waals surface area contributed by atoms with Crippen molar-refractivity contribution >= 4 is 16.7 Å². The summed E-state index contributed by atoms with van der Waals surface area (Å²) < 4.78 is 41.7. The van der Waals surface area contributed by atoms with Crippen molar-refractivity contribution in [1.29, 1.82) is 0 Å². The molecule has 3 aromatic heterocycles. The molecule has 4 aromatic rings. The summed E-state index contributed by atoms with van der Waals surface area (Å²) >= 11 is 0. The Morgan fingerprint density at radius 1 is 1.13 bits per heavy atom. The van der Waals surface area contributed by atoms with E-state index in [9.17, 15) is 13.6 Å². The van der Waals surface area contributed by atoms with Gasteiger partial charge in [0.1, 0.15) is 18.2 Å². The van der Waals surface area contributed by atoms with Crippen molar-refractivity contribution < 1.29 is 18.3 Å². The van der Waals surface area contributed by atoms with Crippen LogP contribution in [0.2, 0.25) is 0 Å². The van der Waals surface area contributed by atoms with E-state index in [4.69, 9.17) is 9.47 Å². The maximum atomic E-state index is 14.5. The molecule has 0 spiro atoms. The SMILES string of the molecule is COc1cnccc1CN(Cc1cn2c3c(c(F)c(F)cc3c1=O)OCC2)[C@H]1CCCN(c2cnccn2)C1. The highest BCUT2D eigenvalue weighted by atomic mass is 19.2. The van der Waals surface area contributed by atoms with Crippen molar-refractivity contribution in [3.05, 3.63) is 82.3 Å². The van der Waals surface area contributed by atoms with E-state index in [2.05, 4.69) is 24.8 Å². The molecule has 2 aliphatic heterocycles. The van der Waals surface area contributed by atoms with Crippen LogP contribution >= 0.6 is 0 Å². The minimum absolute atomic E-state index is 0.0823. The number of ether oxygens (including phenoxy) is 2. The normalized spacial score (nSPS) is 16.9. The largest absolute Gasteiger partial charge is 0.495 e. The molecule has 11 heteroatoms. The van der Waals surface area contributed by atoms with E-state index in [0.717, 1.165) is 36.8 Å². The molecule has 9 nitrogen and oxygen atoms in total. The molecule has 1 atom stereocenters. The molecule has 0 radical (unpaired) electrons. The number of pyridine rings is 2. The first-order valence-electron chi connectivity index (χ1n) is 12.9. The second-order valence-corrected chi connectivity index (χ2v) is 9.82. The topological polar surface area (TPSA) is 85.6 Å². The molecule has 39 heavy (non-hydrogen) atoms. The first kappa shape index (κ1) is 25.2. The first-order chi connectivity index (χ1) is 19.0. The van der Waals surface area contributed by atoms with Gasteiger partial charge in [0.25, 0.3) is 0 Å². The lowest BCUT2D eigenvalue weighted by molar-refractivity contribution is 0.156. The van der Waals surface area contributed by atoms with Crippen molar-refractivity contribution in [2.45, 2.75) is 38.5 Å². The van der Waals surface area contributed by atoms with E-state index in [-0.39, 0.29) is 29.2 Å². The highest BCUT2D eigenvalue weighted by Crippen LogP contribution is 2.33. The van der Waals surface area contributed by atoms with Gasteiger partial charge in [-0.2, -0.15) is 4.39 Å². The molecule has 1 fully saturated rings. The van der Waals surface area contributed by atoms with Crippen molar-refractivity contribution in [1.82, 2.24) is 24.4 Å². The third-order valence-electron chi connectivity index (χ3n) is 7.49. The Hall–Kier alpha value is -4.12. The lowest BCUT2D eigenvalue weighted by Crippen LogP contribution is -2.48. The number of aromatic nitrogens is 4. The number of rotatable bonds is 7. The summed E-state index contributed by atoms with van der Waals surface area (Å²) in [5.74, 6) is -0.894. The highest BCUT2D eigenvalue weighted by molar-refractivity contribution is 5.86. The van der Waals surface area contributed by atoms with Crippen LogP contribution < -0.4 is 19.8 Å². The zero-order chi connectivity index (χ0) is 26.9. The molecule has 0 amide bonds. The fraction of sp³-hybridized carbons (Fsp3) is 0.357. The molecule has 202 valence electrons. The summed E-state index contributed by atoms with van der Waals surface area (Å²) in [4.78, 5) is 31.0. The lowest BCUT2D eigenvalue weighted by atomic mass is 10.0. The number of nitrogens with zero attached hydrogens (tertiary/aromatic N) is 6. The number of methoxy groups -OCH3 is 1. The predicted molar refractivity (Wildman–Crippen MR) is 141 cm³/mol. The van der Waals surface area contributed by atoms with Gasteiger partial charge in [-0.3, -0.25) is 19.7 Å². The lowest BCUT2D eigenvalue weighted by Gasteiger charge is -2.40. The zero-order valence-electron chi connectivity index (χ0n) is 21.5. The third-order valence-corrected chi connectivity index (χ3v) is 7.49. The van der Waals surface area contributed by atoms with Crippen LogP contribution in [0.4, 0.5) is 14.6 Å². The minimum Gasteiger partial charge on any atom is -0.495 e. The Kier molecular flexibility index (Phi) is 6.82. The summed E-state index contributed by atoms with van der Waals surface area (Å²) in [7, 11) is 1.61. The van der Waals surface area contributed by atoms with Crippen molar-refractivity contribution in [2.24, 2.45) is 0 Å². The van der Waals surface area contributed by atoms with E-state index >= 15 is 0 Å². The van der Waals surface area contributed by atoms with Gasteiger partial charge in [0.05, 0.1) is 37.0 Å². The van der Waals surface area contributed by atoms with E-state index in [1.807, 2.05) is 6.07 Å². The quantitative estimate of drug-likeness (QED) is 0.356. The van der Waals surface area contributed by atoms with Gasteiger partial charge in [-0.05, 0) is 25.0 Å². The molecule has 0 N–H and O–H groups in total. The number of hydrogen-bond acceptors (Lipinski definition) is 8. The van der Waals surface area contributed by atoms with Crippen LogP contribution in [0.1, 0.15) is 24.0 Å². The van der Waals surface area contributed by atoms with Gasteiger partial charge in [0.15, 0.2) is 17.0 Å². The van der Waals surface area contributed by atoms with Gasteiger partial charge in [-0.15, -0.1) is 0 Å². The molecule has 1 saturated heterocycles. The monoisotopic (exact) mass is 534 g/mol. The smallest absolute Gasteiger partial charge is 0.202 e. The number of halogens is 2. The van der Waals surface area contributed by atoms with Crippen molar-refractivity contribution in [2.75, 3.05) is 31.7 Å². The Labute approximate surface area is 223 Å². The molecule has 5 heterocycles. The van der Waals surface area contributed by atoms with Gasteiger partial charge in [0, 0.05) is 68.1 Å². The van der Waals surface area contributed by atoms with Crippen LogP contribution in [0.15, 0.2) is 54.1 Å². The third kappa shape index (κ3) is 4.78. The van der Waals surface area contributed by atoms with Crippen LogP contribution in [0.3, 0.4) is 0 Å². The fourth-order valence-corrected chi connectivity index (χ4v) is 5.59. The Bertz CT molecular complexity index is 1560. The summed E-state index contributed by atoms with van der Waals surface area (Å²) in [6.07, 6.45) is 12.1. The molecule has 0 unspecified atom stereocenters. The minimum atomic E-state index is -1.09. The molecule has 1 aromatic carbocycles. The summed E-state index contributed by atoms with van der Waals surface area (Å²) in [6, 6.07) is 2.98. The van der Waals surface area contributed by atoms with Gasteiger partial charge < -0.3 is 18.9 Å². The summed E-state index contributed by atoms with van der Waals surface area (Å²) in [6.45, 7) is 3.01. The average molecular weight is 535 g/mol. The second-order valence-electron chi connectivity index (χ2n) is 9.82. The number of piperidine rings is 1. The number of benzene rings is 1. The van der Waals surface area contributed by atoms with Crippen molar-refractivity contribution in [3.8, 4) is 11.5 Å². The van der Waals surface area contributed by atoms with Gasteiger partial charge in [-0.1, -0.05) is 0 Å². The van der Waals surface area contributed by atoms with Crippen molar-refractivity contribution in [3.63, 3.8) is 0 Å². The zero-order valence-corrected chi connectivity index (χ0v) is 21.5. The second kappa shape index (κ2) is 10.6. The van der Waals surface area contributed by atoms with E-state index in [0.29, 0.717) is 43.0 Å². The Morgan fingerprint density at radius 2 is 1.97 bits per heavy atom.